The molecule has 1 fully saturated rings. The van der Waals surface area contributed by atoms with E-state index in [2.05, 4.69) is 20.7 Å². The zero-order chi connectivity index (χ0) is 17.9. The Balaban J connectivity index is 1.33. The van der Waals surface area contributed by atoms with E-state index in [0.717, 1.165) is 42.6 Å². The van der Waals surface area contributed by atoms with Crippen molar-refractivity contribution in [1.82, 2.24) is 25.4 Å². The van der Waals surface area contributed by atoms with Gasteiger partial charge >= 0.3 is 0 Å². The van der Waals surface area contributed by atoms with E-state index in [1.54, 1.807) is 6.07 Å². The minimum absolute atomic E-state index is 0.167. The summed E-state index contributed by atoms with van der Waals surface area (Å²) in [6.45, 7) is 4.43. The normalized spacial score (nSPS) is 17.5. The number of aryl methyl sites for hydroxylation is 1. The van der Waals surface area contributed by atoms with Crippen LogP contribution >= 0.6 is 0 Å². The smallest absolute Gasteiger partial charge is 0.271 e. The third kappa shape index (κ3) is 3.48. The maximum Gasteiger partial charge on any atom is 0.271 e. The molecule has 1 amide bonds. The third-order valence-electron chi connectivity index (χ3n) is 4.78. The number of piperidine rings is 1. The van der Waals surface area contributed by atoms with Crippen molar-refractivity contribution in [2.75, 3.05) is 19.6 Å². The number of para-hydroxylation sites is 1. The lowest BCUT2D eigenvalue weighted by atomic mass is 10.1. The molecule has 4 rings (SSSR count). The zero-order valence-electron chi connectivity index (χ0n) is 14.9. The quantitative estimate of drug-likeness (QED) is 0.735. The molecule has 0 aliphatic carbocycles. The Bertz CT molecular complexity index is 908. The molecule has 3 heterocycles. The number of aromatic nitrogens is 3. The van der Waals surface area contributed by atoms with Crippen LogP contribution in [0.25, 0.3) is 11.1 Å². The first kappa shape index (κ1) is 16.8. The molecule has 0 saturated carbocycles. The summed E-state index contributed by atoms with van der Waals surface area (Å²) in [6, 6.07) is 7.96. The van der Waals surface area contributed by atoms with Crippen LogP contribution in [0.3, 0.4) is 0 Å². The summed E-state index contributed by atoms with van der Waals surface area (Å²) in [5, 5.41) is 10.7. The van der Waals surface area contributed by atoms with E-state index in [9.17, 15) is 4.79 Å². The van der Waals surface area contributed by atoms with Gasteiger partial charge in [0.15, 0.2) is 11.5 Å². The molecule has 1 aliphatic heterocycles. The number of hydrogen-bond acceptors (Lipinski definition) is 5. The van der Waals surface area contributed by atoms with Crippen LogP contribution in [0.1, 0.15) is 40.8 Å². The van der Waals surface area contributed by atoms with Crippen LogP contribution in [-0.4, -0.2) is 40.3 Å². The fourth-order valence-corrected chi connectivity index (χ4v) is 3.33. The number of hydrogen-bond donors (Lipinski definition) is 2. The molecule has 2 N–H and O–H groups in total. The molecule has 1 atom stereocenters. The number of fused-ring (bicyclic) bond motifs is 1. The van der Waals surface area contributed by atoms with Crippen molar-refractivity contribution in [3.8, 4) is 0 Å². The van der Waals surface area contributed by atoms with Crippen LogP contribution in [0.15, 0.2) is 34.9 Å². The van der Waals surface area contributed by atoms with Gasteiger partial charge in [-0.1, -0.05) is 12.1 Å². The number of oxazole rings is 1. The van der Waals surface area contributed by atoms with E-state index in [0.29, 0.717) is 30.6 Å². The number of nitrogens with zero attached hydrogens (tertiary/aromatic N) is 3. The van der Waals surface area contributed by atoms with Crippen molar-refractivity contribution < 1.29 is 9.21 Å². The van der Waals surface area contributed by atoms with Crippen LogP contribution in [-0.2, 0) is 6.42 Å². The molecule has 0 radical (unpaired) electrons. The lowest BCUT2D eigenvalue weighted by molar-refractivity contribution is 0.0947. The van der Waals surface area contributed by atoms with Gasteiger partial charge in [-0.3, -0.25) is 9.48 Å². The molecule has 0 bridgehead atoms. The summed E-state index contributed by atoms with van der Waals surface area (Å²) in [5.74, 6) is 0.466. The van der Waals surface area contributed by atoms with Crippen molar-refractivity contribution in [2.24, 2.45) is 0 Å². The van der Waals surface area contributed by atoms with Gasteiger partial charge in [-0.15, -0.1) is 0 Å². The van der Waals surface area contributed by atoms with Gasteiger partial charge in [0.25, 0.3) is 5.91 Å². The Labute approximate surface area is 151 Å². The summed E-state index contributed by atoms with van der Waals surface area (Å²) < 4.78 is 7.62. The summed E-state index contributed by atoms with van der Waals surface area (Å²) in [5.41, 5.74) is 3.20. The minimum Gasteiger partial charge on any atom is -0.441 e. The molecule has 0 spiro atoms. The molecule has 1 saturated heterocycles. The standard InChI is InChI=1S/C19H23N5O2/c1-13-4-2-6-16-18(13)22-17(26-16)7-10-21-19(25)15-8-11-24(23-15)14-5-3-9-20-12-14/h2,4,6,8,11,14,20H,3,5,7,9-10,12H2,1H3,(H,21,25). The monoisotopic (exact) mass is 353 g/mol. The lowest BCUT2D eigenvalue weighted by Gasteiger charge is -2.22. The van der Waals surface area contributed by atoms with Crippen LogP contribution in [0.5, 0.6) is 0 Å². The van der Waals surface area contributed by atoms with E-state index in [1.165, 1.54) is 0 Å². The van der Waals surface area contributed by atoms with Gasteiger partial charge in [-0.25, -0.2) is 4.98 Å². The number of benzene rings is 1. The number of nitrogens with one attached hydrogen (secondary N) is 2. The molecule has 3 aromatic rings. The molecule has 26 heavy (non-hydrogen) atoms. The summed E-state index contributed by atoms with van der Waals surface area (Å²) in [6.07, 6.45) is 4.66. The van der Waals surface area contributed by atoms with Gasteiger partial charge in [0.2, 0.25) is 0 Å². The Morgan fingerprint density at radius 1 is 1.42 bits per heavy atom. The highest BCUT2D eigenvalue weighted by Crippen LogP contribution is 2.19. The topological polar surface area (TPSA) is 85.0 Å². The first-order valence-corrected chi connectivity index (χ1v) is 9.10. The van der Waals surface area contributed by atoms with E-state index < -0.39 is 0 Å². The molecular formula is C19H23N5O2. The Hall–Kier alpha value is -2.67. The Morgan fingerprint density at radius 2 is 2.35 bits per heavy atom. The van der Waals surface area contributed by atoms with Crippen LogP contribution < -0.4 is 10.6 Å². The average molecular weight is 353 g/mol. The Kier molecular flexibility index (Phi) is 4.71. The van der Waals surface area contributed by atoms with Crippen molar-refractivity contribution in [1.29, 1.82) is 0 Å². The summed E-state index contributed by atoms with van der Waals surface area (Å²) >= 11 is 0. The molecular weight excluding hydrogens is 330 g/mol. The van der Waals surface area contributed by atoms with Crippen molar-refractivity contribution in [2.45, 2.75) is 32.2 Å². The third-order valence-corrected chi connectivity index (χ3v) is 4.78. The predicted molar refractivity (Wildman–Crippen MR) is 98.2 cm³/mol. The highest BCUT2D eigenvalue weighted by atomic mass is 16.3. The Morgan fingerprint density at radius 3 is 3.15 bits per heavy atom. The molecule has 7 heteroatoms. The van der Waals surface area contributed by atoms with Gasteiger partial charge in [0, 0.05) is 25.7 Å². The van der Waals surface area contributed by atoms with E-state index in [-0.39, 0.29) is 5.91 Å². The second-order valence-electron chi connectivity index (χ2n) is 6.72. The molecule has 7 nitrogen and oxygen atoms in total. The average Bonchev–Trinajstić information content (AvgIpc) is 3.30. The SMILES string of the molecule is Cc1cccc2oc(CCNC(=O)c3ccn(C4CCCNC4)n3)nc12. The lowest BCUT2D eigenvalue weighted by Crippen LogP contribution is -2.32. The molecule has 2 aromatic heterocycles. The van der Waals surface area contributed by atoms with E-state index in [4.69, 9.17) is 4.42 Å². The zero-order valence-corrected chi connectivity index (χ0v) is 14.9. The highest BCUT2D eigenvalue weighted by molar-refractivity contribution is 5.92. The van der Waals surface area contributed by atoms with Crippen molar-refractivity contribution >= 4 is 17.0 Å². The maximum atomic E-state index is 12.3. The largest absolute Gasteiger partial charge is 0.441 e. The first-order chi connectivity index (χ1) is 12.7. The van der Waals surface area contributed by atoms with E-state index in [1.807, 2.05) is 36.0 Å². The van der Waals surface area contributed by atoms with Crippen LogP contribution in [0.4, 0.5) is 0 Å². The molecule has 136 valence electrons. The highest BCUT2D eigenvalue weighted by Gasteiger charge is 2.17. The van der Waals surface area contributed by atoms with Gasteiger partial charge in [-0.2, -0.15) is 5.10 Å². The minimum atomic E-state index is -0.167. The van der Waals surface area contributed by atoms with Gasteiger partial charge in [0.05, 0.1) is 6.04 Å². The van der Waals surface area contributed by atoms with Gasteiger partial charge in [-0.05, 0) is 44.0 Å². The first-order valence-electron chi connectivity index (χ1n) is 9.10. The number of rotatable bonds is 5. The van der Waals surface area contributed by atoms with Crippen molar-refractivity contribution in [3.63, 3.8) is 0 Å². The molecule has 1 aromatic carbocycles. The van der Waals surface area contributed by atoms with Gasteiger partial charge in [0.1, 0.15) is 11.2 Å². The number of carbonyl (C=O) groups excluding carboxylic acids is 1. The van der Waals surface area contributed by atoms with Crippen LogP contribution in [0, 0.1) is 6.92 Å². The summed E-state index contributed by atoms with van der Waals surface area (Å²) in [7, 11) is 0. The van der Waals surface area contributed by atoms with E-state index >= 15 is 0 Å². The molecule has 1 unspecified atom stereocenters. The second-order valence-corrected chi connectivity index (χ2v) is 6.72. The fraction of sp³-hybridized carbons (Fsp3) is 0.421. The maximum absolute atomic E-state index is 12.3. The molecule has 1 aliphatic rings. The fourth-order valence-electron chi connectivity index (χ4n) is 3.33. The van der Waals surface area contributed by atoms with Gasteiger partial charge < -0.3 is 15.1 Å². The number of amides is 1. The second kappa shape index (κ2) is 7.29. The number of carbonyl (C=O) groups is 1. The van der Waals surface area contributed by atoms with Crippen LogP contribution in [0.2, 0.25) is 0 Å². The predicted octanol–water partition coefficient (Wildman–Crippen LogP) is 2.23. The van der Waals surface area contributed by atoms with Crippen molar-refractivity contribution in [3.05, 3.63) is 47.6 Å². The summed E-state index contributed by atoms with van der Waals surface area (Å²) in [4.78, 5) is 16.8.